The Morgan fingerprint density at radius 3 is 1.58 bits per heavy atom. The summed E-state index contributed by atoms with van der Waals surface area (Å²) in [6, 6.07) is 1.07. The van der Waals surface area contributed by atoms with Gasteiger partial charge in [-0.1, -0.05) is 64.2 Å². The van der Waals surface area contributed by atoms with Gasteiger partial charge in [0.05, 0.1) is 6.54 Å². The third kappa shape index (κ3) is 18.2. The zero-order chi connectivity index (χ0) is 14.2. The van der Waals surface area contributed by atoms with Gasteiger partial charge in [-0.3, -0.25) is 0 Å². The Morgan fingerprint density at radius 2 is 1.16 bits per heavy atom. The number of nitrogens with zero attached hydrogens (tertiary/aromatic N) is 1. The van der Waals surface area contributed by atoms with Crippen LogP contribution in [0.3, 0.4) is 0 Å². The molecule has 0 fully saturated rings. The molecule has 0 heterocycles. The molecule has 0 aliphatic heterocycles. The van der Waals surface area contributed by atoms with E-state index >= 15 is 0 Å². The van der Waals surface area contributed by atoms with Crippen LogP contribution >= 0.6 is 22.2 Å². The lowest BCUT2D eigenvalue weighted by atomic mass is 10.1. The van der Waals surface area contributed by atoms with E-state index in [1.54, 1.807) is 6.08 Å². The molecular formula is C14H27Cl2NOSi. The molecule has 0 spiro atoms. The van der Waals surface area contributed by atoms with Crippen LogP contribution in [0.5, 0.6) is 0 Å². The number of aliphatic imine (C=N–C) groups is 1. The first-order chi connectivity index (χ1) is 9.27. The molecule has 0 atom stereocenters. The first-order valence-corrected chi connectivity index (χ1v) is 11.9. The van der Waals surface area contributed by atoms with Crippen molar-refractivity contribution in [3.05, 3.63) is 0 Å². The molecule has 0 amide bonds. The van der Waals surface area contributed by atoms with Crippen molar-refractivity contribution in [3.8, 4) is 0 Å². The molecule has 0 radical (unpaired) electrons. The van der Waals surface area contributed by atoms with E-state index < -0.39 is 7.42 Å². The second-order valence-corrected chi connectivity index (χ2v) is 10.2. The molecule has 0 saturated heterocycles. The highest BCUT2D eigenvalue weighted by Gasteiger charge is 2.00. The van der Waals surface area contributed by atoms with Gasteiger partial charge in [-0.2, -0.15) is 22.2 Å². The fourth-order valence-corrected chi connectivity index (χ4v) is 3.65. The number of hydrogen-bond acceptors (Lipinski definition) is 2. The zero-order valence-electron chi connectivity index (χ0n) is 11.9. The van der Waals surface area contributed by atoms with E-state index in [9.17, 15) is 4.79 Å². The van der Waals surface area contributed by atoms with E-state index in [0.717, 1.165) is 12.5 Å². The maximum absolute atomic E-state index is 9.84. The molecule has 112 valence electrons. The molecule has 2 nitrogen and oxygen atoms in total. The summed E-state index contributed by atoms with van der Waals surface area (Å²) in [5.41, 5.74) is 0. The maximum Gasteiger partial charge on any atom is 0.237 e. The molecule has 0 rings (SSSR count). The highest BCUT2D eigenvalue weighted by Crippen LogP contribution is 2.14. The Labute approximate surface area is 129 Å². The minimum absolute atomic E-state index is 0.651. The minimum Gasteiger partial charge on any atom is -0.211 e. The topological polar surface area (TPSA) is 29.4 Å². The molecule has 0 aliphatic carbocycles. The molecule has 0 unspecified atom stereocenters. The Balaban J connectivity index is 2.97. The van der Waals surface area contributed by atoms with Gasteiger partial charge in [0.1, 0.15) is 0 Å². The van der Waals surface area contributed by atoms with Crippen molar-refractivity contribution in [1.82, 2.24) is 0 Å². The van der Waals surface area contributed by atoms with Gasteiger partial charge < -0.3 is 0 Å². The molecule has 0 aliphatic rings. The largest absolute Gasteiger partial charge is 0.237 e. The zero-order valence-corrected chi connectivity index (χ0v) is 14.5. The van der Waals surface area contributed by atoms with Gasteiger partial charge in [0.25, 0.3) is 0 Å². The predicted octanol–water partition coefficient (Wildman–Crippen LogP) is 5.31. The van der Waals surface area contributed by atoms with Crippen LogP contribution in [-0.4, -0.2) is 20.0 Å². The maximum atomic E-state index is 9.84. The van der Waals surface area contributed by atoms with Crippen molar-refractivity contribution in [2.75, 3.05) is 6.54 Å². The fraction of sp³-hybridized carbons (Fsp3) is 0.929. The summed E-state index contributed by atoms with van der Waals surface area (Å²) in [7, 11) is -1.34. The first-order valence-electron chi connectivity index (χ1n) is 7.59. The number of hydrogen-bond donors (Lipinski definition) is 0. The van der Waals surface area contributed by atoms with Crippen molar-refractivity contribution in [2.45, 2.75) is 76.7 Å². The number of halogens is 2. The van der Waals surface area contributed by atoms with Gasteiger partial charge in [-0.05, 0) is 12.5 Å². The van der Waals surface area contributed by atoms with Gasteiger partial charge in [-0.15, -0.1) is 0 Å². The van der Waals surface area contributed by atoms with Crippen LogP contribution < -0.4 is 0 Å². The quantitative estimate of drug-likeness (QED) is 0.140. The fourth-order valence-electron chi connectivity index (χ4n) is 2.13. The van der Waals surface area contributed by atoms with Gasteiger partial charge in [0.15, 0.2) is 0 Å². The molecular weight excluding hydrogens is 297 g/mol. The van der Waals surface area contributed by atoms with Crippen LogP contribution in [0.25, 0.3) is 0 Å². The van der Waals surface area contributed by atoms with Gasteiger partial charge >= 0.3 is 0 Å². The highest BCUT2D eigenvalue weighted by atomic mass is 35.7. The third-order valence-corrected chi connectivity index (χ3v) is 5.41. The van der Waals surface area contributed by atoms with Crippen LogP contribution in [0.1, 0.15) is 70.6 Å². The minimum atomic E-state index is -1.34. The van der Waals surface area contributed by atoms with Crippen LogP contribution in [0.15, 0.2) is 4.99 Å². The lowest BCUT2D eigenvalue weighted by molar-refractivity contribution is 0.547. The van der Waals surface area contributed by atoms with E-state index in [0.29, 0.717) is 6.54 Å². The molecule has 0 aromatic heterocycles. The second kappa shape index (κ2) is 16.2. The van der Waals surface area contributed by atoms with Crippen LogP contribution in [0.2, 0.25) is 6.04 Å². The molecule has 5 heteroatoms. The number of isocyanates is 1. The van der Waals surface area contributed by atoms with Crippen molar-refractivity contribution < 1.29 is 4.79 Å². The summed E-state index contributed by atoms with van der Waals surface area (Å²) in [6.45, 7) is 0.651. The van der Waals surface area contributed by atoms with E-state index in [1.807, 2.05) is 0 Å². The van der Waals surface area contributed by atoms with Crippen LogP contribution in [-0.2, 0) is 4.79 Å². The van der Waals surface area contributed by atoms with E-state index in [4.69, 9.17) is 22.2 Å². The summed E-state index contributed by atoms with van der Waals surface area (Å²) in [5, 5.41) is 0. The molecule has 0 saturated carbocycles. The Bertz CT molecular complexity index is 233. The summed E-state index contributed by atoms with van der Waals surface area (Å²) in [6.07, 6.45) is 15.6. The van der Waals surface area contributed by atoms with Gasteiger partial charge in [0, 0.05) is 0 Å². The molecule has 0 aromatic carbocycles. The summed E-state index contributed by atoms with van der Waals surface area (Å²) in [5.74, 6) is 0. The lowest BCUT2D eigenvalue weighted by Gasteiger charge is -2.02. The van der Waals surface area contributed by atoms with Crippen molar-refractivity contribution in [2.24, 2.45) is 4.99 Å². The number of unbranched alkanes of at least 4 members (excludes halogenated alkanes) is 10. The van der Waals surface area contributed by atoms with E-state index in [1.165, 1.54) is 64.2 Å². The van der Waals surface area contributed by atoms with Crippen LogP contribution in [0.4, 0.5) is 0 Å². The summed E-state index contributed by atoms with van der Waals surface area (Å²) in [4.78, 5) is 13.4. The van der Waals surface area contributed by atoms with Gasteiger partial charge in [-0.25, -0.2) is 9.79 Å². The summed E-state index contributed by atoms with van der Waals surface area (Å²) >= 11 is 11.6. The van der Waals surface area contributed by atoms with Crippen molar-refractivity contribution >= 4 is 35.7 Å². The average molecular weight is 324 g/mol. The third-order valence-electron chi connectivity index (χ3n) is 3.26. The Hall–Kier alpha value is 0.177. The smallest absolute Gasteiger partial charge is 0.211 e. The van der Waals surface area contributed by atoms with Crippen LogP contribution in [0, 0.1) is 0 Å². The predicted molar refractivity (Wildman–Crippen MR) is 87.4 cm³/mol. The first kappa shape index (κ1) is 19.2. The molecule has 0 aromatic rings. The van der Waals surface area contributed by atoms with E-state index in [2.05, 4.69) is 4.99 Å². The van der Waals surface area contributed by atoms with E-state index in [-0.39, 0.29) is 0 Å². The normalized spacial score (nSPS) is 10.7. The highest BCUT2D eigenvalue weighted by molar-refractivity contribution is 7.33. The molecule has 0 bridgehead atoms. The van der Waals surface area contributed by atoms with Gasteiger partial charge in [0.2, 0.25) is 13.5 Å². The van der Waals surface area contributed by atoms with Crippen molar-refractivity contribution in [3.63, 3.8) is 0 Å². The number of rotatable bonds is 14. The second-order valence-electron chi connectivity index (χ2n) is 5.04. The Morgan fingerprint density at radius 1 is 0.737 bits per heavy atom. The average Bonchev–Trinajstić information content (AvgIpc) is 2.39. The number of carbonyl (C=O) groups excluding carboxylic acids is 1. The molecule has 19 heavy (non-hydrogen) atoms. The molecule has 0 N–H and O–H groups in total. The summed E-state index contributed by atoms with van der Waals surface area (Å²) < 4.78 is 0. The monoisotopic (exact) mass is 323 g/mol. The standard InChI is InChI=1S/C14H27Cl2NOSi/c15-19(16)13-11-9-7-5-3-1-2-4-6-8-10-12-17-14-18/h19H,1-13H2. The van der Waals surface area contributed by atoms with Crippen molar-refractivity contribution in [1.29, 1.82) is 0 Å². The lowest BCUT2D eigenvalue weighted by Crippen LogP contribution is -1.91. The SMILES string of the molecule is O=C=NCCCCCCCCCCCCC[SiH](Cl)Cl. The Kier molecular flexibility index (Phi) is 16.4.